The molecule has 4 heteroatoms. The molecule has 0 saturated carbocycles. The molecular weight excluding hydrogens is 320 g/mol. The van der Waals surface area contributed by atoms with Crippen molar-refractivity contribution in [3.63, 3.8) is 0 Å². The summed E-state index contributed by atoms with van der Waals surface area (Å²) < 4.78 is 6.47. The lowest BCUT2D eigenvalue weighted by atomic mass is 10.1. The predicted molar refractivity (Wildman–Crippen MR) is 83.2 cm³/mol. The first-order valence-corrected chi connectivity index (χ1v) is 7.49. The molecule has 2 rings (SSSR count). The number of halogens is 1. The van der Waals surface area contributed by atoms with Crippen LogP contribution >= 0.6 is 15.9 Å². The molecule has 1 atom stereocenters. The highest BCUT2D eigenvalue weighted by Crippen LogP contribution is 2.34. The minimum atomic E-state index is -0.918. The molecule has 0 amide bonds. The van der Waals surface area contributed by atoms with E-state index in [1.807, 2.05) is 43.3 Å². The fourth-order valence-corrected chi connectivity index (χ4v) is 2.67. The number of unbranched alkanes of at least 4 members (excludes halogenated alkanes) is 1. The lowest BCUT2D eigenvalue weighted by molar-refractivity contribution is -0.145. The molecule has 1 unspecified atom stereocenters. The average molecular weight is 337 g/mol. The lowest BCUT2D eigenvalue weighted by Gasteiger charge is -2.16. The number of hydrogen-bond acceptors (Lipinski definition) is 2. The van der Waals surface area contributed by atoms with E-state index in [1.165, 1.54) is 0 Å². The molecule has 0 aliphatic carbocycles. The minimum Gasteiger partial charge on any atom is -0.479 e. The summed E-state index contributed by atoms with van der Waals surface area (Å²) in [5, 5.41) is 11.3. The van der Waals surface area contributed by atoms with Gasteiger partial charge < -0.3 is 9.84 Å². The van der Waals surface area contributed by atoms with Gasteiger partial charge in [0.2, 0.25) is 0 Å². The van der Waals surface area contributed by atoms with Crippen molar-refractivity contribution in [1.29, 1.82) is 0 Å². The van der Waals surface area contributed by atoms with E-state index < -0.39 is 12.1 Å². The van der Waals surface area contributed by atoms with E-state index in [1.54, 1.807) is 0 Å². The van der Waals surface area contributed by atoms with Crippen molar-refractivity contribution in [2.24, 2.45) is 0 Å². The number of ether oxygens (including phenoxy) is 1. The van der Waals surface area contributed by atoms with Gasteiger partial charge in [-0.1, -0.05) is 43.7 Å². The Bertz CT molecular complexity index is 610. The average Bonchev–Trinajstić information content (AvgIpc) is 2.45. The van der Waals surface area contributed by atoms with Gasteiger partial charge in [-0.25, -0.2) is 4.79 Å². The second-order valence-corrected chi connectivity index (χ2v) is 5.48. The monoisotopic (exact) mass is 336 g/mol. The zero-order valence-electron chi connectivity index (χ0n) is 11.3. The van der Waals surface area contributed by atoms with Gasteiger partial charge in [-0.3, -0.25) is 0 Å². The van der Waals surface area contributed by atoms with Gasteiger partial charge in [0, 0.05) is 0 Å². The van der Waals surface area contributed by atoms with Crippen LogP contribution in [0, 0.1) is 0 Å². The van der Waals surface area contributed by atoms with Crippen molar-refractivity contribution in [3.05, 3.63) is 40.9 Å². The summed E-state index contributed by atoms with van der Waals surface area (Å²) in [7, 11) is 0. The summed E-state index contributed by atoms with van der Waals surface area (Å²) in [5.74, 6) is -0.342. The number of benzene rings is 2. The van der Waals surface area contributed by atoms with E-state index in [-0.39, 0.29) is 0 Å². The summed E-state index contributed by atoms with van der Waals surface area (Å²) in [4.78, 5) is 11.2. The second kappa shape index (κ2) is 6.75. The van der Waals surface area contributed by atoms with Crippen molar-refractivity contribution < 1.29 is 14.6 Å². The van der Waals surface area contributed by atoms with Gasteiger partial charge in [0.25, 0.3) is 0 Å². The Morgan fingerprint density at radius 2 is 2.05 bits per heavy atom. The summed E-state index contributed by atoms with van der Waals surface area (Å²) in [6.45, 7) is 2.03. The molecule has 0 fully saturated rings. The molecule has 2 aromatic rings. The highest BCUT2D eigenvalue weighted by atomic mass is 79.9. The molecule has 0 bridgehead atoms. The van der Waals surface area contributed by atoms with Crippen LogP contribution in [-0.2, 0) is 4.79 Å². The van der Waals surface area contributed by atoms with Crippen molar-refractivity contribution in [2.45, 2.75) is 32.3 Å². The van der Waals surface area contributed by atoms with Crippen molar-refractivity contribution in [3.8, 4) is 5.75 Å². The number of fused-ring (bicyclic) bond motifs is 1. The SMILES string of the molecule is CCCCC(Oc1ccc2ccccc2c1Br)C(=O)O. The topological polar surface area (TPSA) is 46.5 Å². The van der Waals surface area contributed by atoms with E-state index in [2.05, 4.69) is 15.9 Å². The highest BCUT2D eigenvalue weighted by Gasteiger charge is 2.20. The van der Waals surface area contributed by atoms with Crippen LogP contribution in [0.3, 0.4) is 0 Å². The second-order valence-electron chi connectivity index (χ2n) is 4.69. The fraction of sp³-hybridized carbons (Fsp3) is 0.312. The number of carbonyl (C=O) groups is 1. The molecular formula is C16H17BrO3. The first-order valence-electron chi connectivity index (χ1n) is 6.70. The number of rotatable bonds is 6. The maximum absolute atomic E-state index is 11.2. The molecule has 0 radical (unpaired) electrons. The van der Waals surface area contributed by atoms with Crippen LogP contribution < -0.4 is 4.74 Å². The van der Waals surface area contributed by atoms with E-state index in [9.17, 15) is 9.90 Å². The standard InChI is InChI=1S/C16H17BrO3/c1-2-3-8-14(16(18)19)20-13-10-9-11-6-4-5-7-12(11)15(13)17/h4-7,9-10,14H,2-3,8H2,1H3,(H,18,19). The Balaban J connectivity index is 2.28. The number of carboxylic acid groups (broad SMARTS) is 1. The lowest BCUT2D eigenvalue weighted by Crippen LogP contribution is -2.27. The van der Waals surface area contributed by atoms with Gasteiger partial charge >= 0.3 is 5.97 Å². The normalized spacial score (nSPS) is 12.3. The zero-order valence-corrected chi connectivity index (χ0v) is 12.9. The highest BCUT2D eigenvalue weighted by molar-refractivity contribution is 9.10. The molecule has 106 valence electrons. The van der Waals surface area contributed by atoms with E-state index >= 15 is 0 Å². The van der Waals surface area contributed by atoms with Crippen molar-refractivity contribution in [1.82, 2.24) is 0 Å². The summed E-state index contributed by atoms with van der Waals surface area (Å²) >= 11 is 3.51. The van der Waals surface area contributed by atoms with Crippen molar-refractivity contribution in [2.75, 3.05) is 0 Å². The van der Waals surface area contributed by atoms with Gasteiger partial charge in [0.05, 0.1) is 4.47 Å². The smallest absolute Gasteiger partial charge is 0.344 e. The number of hydrogen-bond donors (Lipinski definition) is 1. The third-order valence-electron chi connectivity index (χ3n) is 3.19. The molecule has 20 heavy (non-hydrogen) atoms. The van der Waals surface area contributed by atoms with Gasteiger partial charge in [-0.15, -0.1) is 0 Å². The van der Waals surface area contributed by atoms with Gasteiger partial charge in [0.1, 0.15) is 5.75 Å². The summed E-state index contributed by atoms with van der Waals surface area (Å²) in [5.41, 5.74) is 0. The van der Waals surface area contributed by atoms with Crippen molar-refractivity contribution >= 4 is 32.7 Å². The zero-order chi connectivity index (χ0) is 14.5. The molecule has 2 aromatic carbocycles. The van der Waals surface area contributed by atoms with Gasteiger partial charge in [-0.05, 0) is 45.6 Å². The van der Waals surface area contributed by atoms with Crippen LogP contribution in [0.25, 0.3) is 10.8 Å². The largest absolute Gasteiger partial charge is 0.479 e. The summed E-state index contributed by atoms with van der Waals surface area (Å²) in [6, 6.07) is 11.7. The molecule has 0 saturated heterocycles. The first-order chi connectivity index (χ1) is 9.63. The first kappa shape index (κ1) is 14.9. The van der Waals surface area contributed by atoms with Crippen LogP contribution in [0.4, 0.5) is 0 Å². The van der Waals surface area contributed by atoms with Crippen LogP contribution in [-0.4, -0.2) is 17.2 Å². The maximum Gasteiger partial charge on any atom is 0.344 e. The molecule has 1 N–H and O–H groups in total. The third-order valence-corrected chi connectivity index (χ3v) is 4.01. The summed E-state index contributed by atoms with van der Waals surface area (Å²) in [6.07, 6.45) is 1.51. The molecule has 3 nitrogen and oxygen atoms in total. The van der Waals surface area contributed by atoms with Crippen LogP contribution in [0.2, 0.25) is 0 Å². The van der Waals surface area contributed by atoms with E-state index in [0.717, 1.165) is 28.1 Å². The van der Waals surface area contributed by atoms with Crippen LogP contribution in [0.1, 0.15) is 26.2 Å². The maximum atomic E-state index is 11.2. The van der Waals surface area contributed by atoms with Crippen LogP contribution in [0.5, 0.6) is 5.75 Å². The Kier molecular flexibility index (Phi) is 5.01. The Morgan fingerprint density at radius 3 is 2.75 bits per heavy atom. The van der Waals surface area contributed by atoms with Gasteiger partial charge in [-0.2, -0.15) is 0 Å². The fourth-order valence-electron chi connectivity index (χ4n) is 2.08. The quantitative estimate of drug-likeness (QED) is 0.836. The number of carboxylic acids is 1. The Labute approximate surface area is 126 Å². The molecule has 0 spiro atoms. The predicted octanol–water partition coefficient (Wildman–Crippen LogP) is 4.62. The molecule has 0 aliphatic rings. The Morgan fingerprint density at radius 1 is 1.30 bits per heavy atom. The van der Waals surface area contributed by atoms with E-state index in [4.69, 9.17) is 4.74 Å². The molecule has 0 aliphatic heterocycles. The minimum absolute atomic E-state index is 0.519. The molecule has 0 aromatic heterocycles. The van der Waals surface area contributed by atoms with Gasteiger partial charge in [0.15, 0.2) is 6.10 Å². The third kappa shape index (κ3) is 3.31. The Hall–Kier alpha value is -1.55. The van der Waals surface area contributed by atoms with E-state index in [0.29, 0.717) is 12.2 Å². The number of aliphatic carboxylic acids is 1. The van der Waals surface area contributed by atoms with Crippen LogP contribution in [0.15, 0.2) is 40.9 Å². The molecule has 0 heterocycles.